The summed E-state index contributed by atoms with van der Waals surface area (Å²) in [6.07, 6.45) is 3.89. The topological polar surface area (TPSA) is 54.2 Å². The molecule has 118 valence electrons. The van der Waals surface area contributed by atoms with E-state index in [-0.39, 0.29) is 6.04 Å². The smallest absolute Gasteiger partial charge is 0.191 e. The zero-order valence-corrected chi connectivity index (χ0v) is 14.8. The Morgan fingerprint density at radius 3 is 2.82 bits per heavy atom. The number of aliphatic imine (C=N–C) groups is 1. The van der Waals surface area contributed by atoms with E-state index < -0.39 is 0 Å². The Morgan fingerprint density at radius 1 is 1.41 bits per heavy atom. The van der Waals surface area contributed by atoms with Gasteiger partial charge in [-0.1, -0.05) is 34.1 Å². The van der Waals surface area contributed by atoms with Crippen molar-refractivity contribution in [1.82, 2.24) is 20.4 Å². The first kappa shape index (κ1) is 16.5. The minimum Gasteiger partial charge on any atom is -0.355 e. The normalized spacial score (nSPS) is 13.0. The molecule has 0 bridgehead atoms. The first-order valence-electron chi connectivity index (χ1n) is 7.31. The van der Waals surface area contributed by atoms with E-state index in [9.17, 15) is 0 Å². The van der Waals surface area contributed by atoms with Crippen molar-refractivity contribution in [3.05, 3.63) is 52.3 Å². The lowest BCUT2D eigenvalue weighted by atomic mass is 10.1. The van der Waals surface area contributed by atoms with Gasteiger partial charge in [0.1, 0.15) is 0 Å². The SMILES string of the molecule is CN=C(NCCn1cc(C)cn1)NC(C)c1ccccc1Br. The Kier molecular flexibility index (Phi) is 6.00. The third-order valence-corrected chi connectivity index (χ3v) is 4.07. The summed E-state index contributed by atoms with van der Waals surface area (Å²) in [5, 5.41) is 11.0. The number of nitrogens with zero attached hydrogens (tertiary/aromatic N) is 3. The molecule has 1 unspecified atom stereocenters. The number of rotatable bonds is 5. The third-order valence-electron chi connectivity index (χ3n) is 3.34. The van der Waals surface area contributed by atoms with Crippen molar-refractivity contribution in [2.45, 2.75) is 26.4 Å². The molecule has 0 aliphatic carbocycles. The van der Waals surface area contributed by atoms with Crippen LogP contribution in [0.2, 0.25) is 0 Å². The van der Waals surface area contributed by atoms with Crippen LogP contribution in [0.4, 0.5) is 0 Å². The number of hydrogen-bond donors (Lipinski definition) is 2. The highest BCUT2D eigenvalue weighted by molar-refractivity contribution is 9.10. The first-order valence-corrected chi connectivity index (χ1v) is 8.10. The van der Waals surface area contributed by atoms with Crippen LogP contribution in [0.1, 0.15) is 24.1 Å². The Morgan fingerprint density at radius 2 is 2.18 bits per heavy atom. The fourth-order valence-corrected chi connectivity index (χ4v) is 2.81. The van der Waals surface area contributed by atoms with Gasteiger partial charge < -0.3 is 10.6 Å². The number of aromatic nitrogens is 2. The van der Waals surface area contributed by atoms with Gasteiger partial charge in [-0.2, -0.15) is 5.10 Å². The van der Waals surface area contributed by atoms with Crippen molar-refractivity contribution >= 4 is 21.9 Å². The van der Waals surface area contributed by atoms with Crippen LogP contribution in [0, 0.1) is 6.92 Å². The van der Waals surface area contributed by atoms with Crippen LogP contribution in [0.3, 0.4) is 0 Å². The molecule has 0 amide bonds. The lowest BCUT2D eigenvalue weighted by Gasteiger charge is -2.19. The van der Waals surface area contributed by atoms with Gasteiger partial charge in [-0.15, -0.1) is 0 Å². The third kappa shape index (κ3) is 4.59. The van der Waals surface area contributed by atoms with Gasteiger partial charge in [0.2, 0.25) is 0 Å². The van der Waals surface area contributed by atoms with E-state index in [1.54, 1.807) is 7.05 Å². The minimum absolute atomic E-state index is 0.161. The molecule has 0 aliphatic rings. The summed E-state index contributed by atoms with van der Waals surface area (Å²) in [5.74, 6) is 0.784. The summed E-state index contributed by atoms with van der Waals surface area (Å²) in [7, 11) is 1.78. The van der Waals surface area contributed by atoms with Gasteiger partial charge in [0.15, 0.2) is 5.96 Å². The van der Waals surface area contributed by atoms with Gasteiger partial charge >= 0.3 is 0 Å². The molecule has 0 aliphatic heterocycles. The highest BCUT2D eigenvalue weighted by Gasteiger charge is 2.10. The molecule has 1 aromatic carbocycles. The second-order valence-corrected chi connectivity index (χ2v) is 6.02. The maximum atomic E-state index is 4.27. The van der Waals surface area contributed by atoms with Crippen LogP contribution in [0.25, 0.3) is 0 Å². The minimum atomic E-state index is 0.161. The summed E-state index contributed by atoms with van der Waals surface area (Å²) in [6.45, 7) is 5.72. The molecule has 1 heterocycles. The molecule has 0 radical (unpaired) electrons. The van der Waals surface area contributed by atoms with Crippen molar-refractivity contribution in [3.63, 3.8) is 0 Å². The van der Waals surface area contributed by atoms with Gasteiger partial charge in [0.25, 0.3) is 0 Å². The number of halogens is 1. The monoisotopic (exact) mass is 363 g/mol. The molecule has 1 atom stereocenters. The number of hydrogen-bond acceptors (Lipinski definition) is 2. The van der Waals surface area contributed by atoms with E-state index in [1.807, 2.05) is 42.2 Å². The Hall–Kier alpha value is -1.82. The summed E-state index contributed by atoms with van der Waals surface area (Å²) < 4.78 is 3.02. The van der Waals surface area contributed by atoms with Crippen molar-refractivity contribution in [3.8, 4) is 0 Å². The second kappa shape index (κ2) is 7.98. The van der Waals surface area contributed by atoms with Crippen molar-refractivity contribution < 1.29 is 0 Å². The molecule has 6 heteroatoms. The largest absolute Gasteiger partial charge is 0.355 e. The highest BCUT2D eigenvalue weighted by Crippen LogP contribution is 2.22. The zero-order chi connectivity index (χ0) is 15.9. The van der Waals surface area contributed by atoms with Gasteiger partial charge in [0, 0.05) is 24.3 Å². The van der Waals surface area contributed by atoms with Crippen LogP contribution in [-0.2, 0) is 6.54 Å². The van der Waals surface area contributed by atoms with Crippen LogP contribution in [0.5, 0.6) is 0 Å². The average Bonchev–Trinajstić information content (AvgIpc) is 2.92. The Bertz CT molecular complexity index is 635. The molecule has 2 aromatic rings. The molecule has 5 nitrogen and oxygen atoms in total. The van der Waals surface area contributed by atoms with E-state index in [1.165, 1.54) is 11.1 Å². The molecule has 0 spiro atoms. The van der Waals surface area contributed by atoms with Gasteiger partial charge in [0.05, 0.1) is 18.8 Å². The number of aryl methyl sites for hydroxylation is 1. The van der Waals surface area contributed by atoms with Crippen LogP contribution in [0.15, 0.2) is 46.1 Å². The van der Waals surface area contributed by atoms with Crippen molar-refractivity contribution in [1.29, 1.82) is 0 Å². The lowest BCUT2D eigenvalue weighted by molar-refractivity contribution is 0.591. The number of guanidine groups is 1. The first-order chi connectivity index (χ1) is 10.6. The van der Waals surface area contributed by atoms with E-state index in [4.69, 9.17) is 0 Å². The van der Waals surface area contributed by atoms with Crippen LogP contribution >= 0.6 is 15.9 Å². The summed E-state index contributed by atoms with van der Waals surface area (Å²) in [5.41, 5.74) is 2.37. The van der Waals surface area contributed by atoms with Crippen molar-refractivity contribution in [2.75, 3.05) is 13.6 Å². The predicted octanol–water partition coefficient (Wildman–Crippen LogP) is 2.88. The molecule has 1 aromatic heterocycles. The fourth-order valence-electron chi connectivity index (χ4n) is 2.18. The standard InChI is InChI=1S/C16H22BrN5/c1-12-10-20-22(11-12)9-8-19-16(18-3)21-13(2)14-6-4-5-7-15(14)17/h4-7,10-11,13H,8-9H2,1-3H3,(H2,18,19,21). The summed E-state index contributed by atoms with van der Waals surface area (Å²) in [4.78, 5) is 4.27. The van der Waals surface area contributed by atoms with Gasteiger partial charge in [-0.25, -0.2) is 0 Å². The zero-order valence-electron chi connectivity index (χ0n) is 13.2. The van der Waals surface area contributed by atoms with Gasteiger partial charge in [-0.3, -0.25) is 9.67 Å². The van der Waals surface area contributed by atoms with E-state index >= 15 is 0 Å². The highest BCUT2D eigenvalue weighted by atomic mass is 79.9. The number of benzene rings is 1. The molecular weight excluding hydrogens is 342 g/mol. The summed E-state index contributed by atoms with van der Waals surface area (Å²) >= 11 is 3.58. The molecule has 0 fully saturated rings. The lowest BCUT2D eigenvalue weighted by Crippen LogP contribution is -2.40. The Balaban J connectivity index is 1.86. The summed E-state index contributed by atoms with van der Waals surface area (Å²) in [6, 6.07) is 8.35. The molecule has 2 N–H and O–H groups in total. The maximum Gasteiger partial charge on any atom is 0.191 e. The molecule has 2 rings (SSSR count). The predicted molar refractivity (Wildman–Crippen MR) is 94.0 cm³/mol. The van der Waals surface area contributed by atoms with Gasteiger partial charge in [-0.05, 0) is 31.0 Å². The number of nitrogens with one attached hydrogen (secondary N) is 2. The molecule has 0 saturated heterocycles. The van der Waals surface area contributed by atoms with E-state index in [0.717, 1.165) is 23.5 Å². The Labute approximate surface area is 140 Å². The maximum absolute atomic E-state index is 4.27. The second-order valence-electron chi connectivity index (χ2n) is 5.17. The van der Waals surface area contributed by atoms with Crippen LogP contribution in [-0.4, -0.2) is 29.3 Å². The van der Waals surface area contributed by atoms with Crippen LogP contribution < -0.4 is 10.6 Å². The fraction of sp³-hybridized carbons (Fsp3) is 0.375. The molecular formula is C16H22BrN5. The average molecular weight is 364 g/mol. The quantitative estimate of drug-likeness (QED) is 0.634. The van der Waals surface area contributed by atoms with E-state index in [0.29, 0.717) is 0 Å². The van der Waals surface area contributed by atoms with Crippen molar-refractivity contribution in [2.24, 2.45) is 4.99 Å². The van der Waals surface area contributed by atoms with E-state index in [2.05, 4.69) is 49.6 Å². The molecule has 22 heavy (non-hydrogen) atoms. The molecule has 0 saturated carbocycles.